The van der Waals surface area contributed by atoms with Crippen LogP contribution in [0.25, 0.3) is 0 Å². The Kier molecular flexibility index (Phi) is 2.97. The van der Waals surface area contributed by atoms with Crippen LogP contribution in [0.4, 0.5) is 0 Å². The zero-order valence-corrected chi connectivity index (χ0v) is 8.60. The molecule has 0 atom stereocenters. The summed E-state index contributed by atoms with van der Waals surface area (Å²) in [6.45, 7) is 0. The molecule has 0 bridgehead atoms. The lowest BCUT2D eigenvalue weighted by atomic mass is 10.1. The number of methoxy groups -OCH3 is 1. The number of aromatic amines is 1. The Morgan fingerprint density at radius 3 is 3.00 bits per heavy atom. The van der Waals surface area contributed by atoms with Gasteiger partial charge in [0, 0.05) is 0 Å². The molecule has 2 aromatic rings. The summed E-state index contributed by atoms with van der Waals surface area (Å²) >= 11 is 0. The van der Waals surface area contributed by atoms with Gasteiger partial charge >= 0.3 is 0 Å². The highest BCUT2D eigenvalue weighted by atomic mass is 16.5. The van der Waals surface area contributed by atoms with E-state index in [1.807, 2.05) is 18.2 Å². The quantitative estimate of drug-likeness (QED) is 0.821. The van der Waals surface area contributed by atoms with Gasteiger partial charge in [0.25, 0.3) is 0 Å². The van der Waals surface area contributed by atoms with Gasteiger partial charge in [0.2, 0.25) is 0 Å². The lowest BCUT2D eigenvalue weighted by molar-refractivity contribution is 0.414. The zero-order valence-electron chi connectivity index (χ0n) is 8.60. The average Bonchev–Trinajstić information content (AvgIpc) is 2.79. The maximum Gasteiger partial charge on any atom is 0.119 e. The van der Waals surface area contributed by atoms with Gasteiger partial charge in [0.15, 0.2) is 0 Å². The van der Waals surface area contributed by atoms with Crippen LogP contribution in [0.15, 0.2) is 30.5 Å². The molecular formula is C11H13N3O. The van der Waals surface area contributed by atoms with Crippen LogP contribution >= 0.6 is 0 Å². The highest BCUT2D eigenvalue weighted by Gasteiger charge is 1.99. The molecule has 0 aliphatic heterocycles. The molecule has 0 aliphatic rings. The van der Waals surface area contributed by atoms with Gasteiger partial charge < -0.3 is 4.74 Å². The molecule has 1 heterocycles. The summed E-state index contributed by atoms with van der Waals surface area (Å²) in [6, 6.07) is 8.07. The van der Waals surface area contributed by atoms with E-state index in [1.165, 1.54) is 5.56 Å². The van der Waals surface area contributed by atoms with E-state index < -0.39 is 0 Å². The van der Waals surface area contributed by atoms with Gasteiger partial charge in [-0.15, -0.1) is 0 Å². The van der Waals surface area contributed by atoms with Crippen LogP contribution in [0.2, 0.25) is 0 Å². The third-order valence-corrected chi connectivity index (χ3v) is 2.27. The minimum absolute atomic E-state index is 0.893. The van der Waals surface area contributed by atoms with Crippen molar-refractivity contribution in [2.45, 2.75) is 12.8 Å². The predicted molar refractivity (Wildman–Crippen MR) is 56.8 cm³/mol. The summed E-state index contributed by atoms with van der Waals surface area (Å²) in [4.78, 5) is 0. The Bertz CT molecular complexity index is 412. The molecule has 78 valence electrons. The Balaban J connectivity index is 1.98. The van der Waals surface area contributed by atoms with Crippen molar-refractivity contribution in [2.24, 2.45) is 0 Å². The van der Waals surface area contributed by atoms with E-state index in [1.54, 1.807) is 13.3 Å². The van der Waals surface area contributed by atoms with Crippen molar-refractivity contribution in [3.8, 4) is 5.75 Å². The molecule has 0 saturated heterocycles. The fraction of sp³-hybridized carbons (Fsp3) is 0.273. The van der Waals surface area contributed by atoms with Crippen molar-refractivity contribution in [1.29, 1.82) is 0 Å². The van der Waals surface area contributed by atoms with Gasteiger partial charge in [-0.3, -0.25) is 0 Å². The largest absolute Gasteiger partial charge is 0.497 e. The topological polar surface area (TPSA) is 50.8 Å². The molecule has 1 aromatic heterocycles. The number of benzene rings is 1. The number of nitrogens with one attached hydrogen (secondary N) is 1. The minimum atomic E-state index is 0.893. The highest BCUT2D eigenvalue weighted by Crippen LogP contribution is 2.13. The van der Waals surface area contributed by atoms with Crippen LogP contribution in [-0.2, 0) is 12.8 Å². The third kappa shape index (κ3) is 2.56. The Morgan fingerprint density at radius 1 is 1.33 bits per heavy atom. The summed E-state index contributed by atoms with van der Waals surface area (Å²) < 4.78 is 5.16. The van der Waals surface area contributed by atoms with E-state index in [2.05, 4.69) is 21.5 Å². The first-order valence-corrected chi connectivity index (χ1v) is 4.86. The summed E-state index contributed by atoms with van der Waals surface area (Å²) in [5.74, 6) is 0.896. The first kappa shape index (κ1) is 9.71. The molecule has 4 heteroatoms. The Labute approximate surface area is 88.3 Å². The van der Waals surface area contributed by atoms with Gasteiger partial charge in [0.05, 0.1) is 19.0 Å². The SMILES string of the molecule is COc1cccc(CCc2cn[nH]n2)c1. The van der Waals surface area contributed by atoms with Crippen molar-refractivity contribution < 1.29 is 4.74 Å². The number of rotatable bonds is 4. The molecule has 0 unspecified atom stereocenters. The van der Waals surface area contributed by atoms with E-state index in [0.29, 0.717) is 0 Å². The van der Waals surface area contributed by atoms with Gasteiger partial charge in [-0.2, -0.15) is 15.4 Å². The summed E-state index contributed by atoms with van der Waals surface area (Å²) in [6.07, 6.45) is 3.59. The maximum absolute atomic E-state index is 5.16. The number of ether oxygens (including phenoxy) is 1. The Hall–Kier alpha value is -1.84. The molecule has 4 nitrogen and oxygen atoms in total. The van der Waals surface area contributed by atoms with Crippen molar-refractivity contribution in [3.63, 3.8) is 0 Å². The predicted octanol–water partition coefficient (Wildman–Crippen LogP) is 1.60. The van der Waals surface area contributed by atoms with Crippen molar-refractivity contribution in [3.05, 3.63) is 41.7 Å². The van der Waals surface area contributed by atoms with Gasteiger partial charge in [-0.25, -0.2) is 0 Å². The fourth-order valence-corrected chi connectivity index (χ4v) is 1.45. The molecule has 0 spiro atoms. The normalized spacial score (nSPS) is 10.2. The number of hydrogen-bond donors (Lipinski definition) is 1. The number of aromatic nitrogens is 3. The second-order valence-corrected chi connectivity index (χ2v) is 3.31. The number of H-pyrrole nitrogens is 1. The number of hydrogen-bond acceptors (Lipinski definition) is 3. The molecule has 0 radical (unpaired) electrons. The lowest BCUT2D eigenvalue weighted by Gasteiger charge is -2.02. The number of nitrogens with zero attached hydrogens (tertiary/aromatic N) is 2. The molecule has 15 heavy (non-hydrogen) atoms. The van der Waals surface area contributed by atoms with Crippen molar-refractivity contribution >= 4 is 0 Å². The molecule has 0 aliphatic carbocycles. The van der Waals surface area contributed by atoms with Gasteiger partial charge in [-0.1, -0.05) is 12.1 Å². The molecule has 1 aromatic carbocycles. The Morgan fingerprint density at radius 2 is 2.27 bits per heavy atom. The second-order valence-electron chi connectivity index (χ2n) is 3.31. The summed E-state index contributed by atoms with van der Waals surface area (Å²) in [7, 11) is 1.68. The van der Waals surface area contributed by atoms with Gasteiger partial charge in [0.1, 0.15) is 5.75 Å². The average molecular weight is 203 g/mol. The smallest absolute Gasteiger partial charge is 0.119 e. The van der Waals surface area contributed by atoms with Crippen LogP contribution < -0.4 is 4.74 Å². The standard InChI is InChI=1S/C11H13N3O/c1-15-11-4-2-3-9(7-11)5-6-10-8-12-14-13-10/h2-4,7-8H,5-6H2,1H3,(H,12,13,14). The summed E-state index contributed by atoms with van der Waals surface area (Å²) in [5, 5.41) is 10.4. The first-order valence-electron chi connectivity index (χ1n) is 4.86. The van der Waals surface area contributed by atoms with Crippen LogP contribution in [0.3, 0.4) is 0 Å². The van der Waals surface area contributed by atoms with E-state index in [9.17, 15) is 0 Å². The van der Waals surface area contributed by atoms with Crippen LogP contribution in [0.5, 0.6) is 5.75 Å². The van der Waals surface area contributed by atoms with Crippen molar-refractivity contribution in [2.75, 3.05) is 7.11 Å². The van der Waals surface area contributed by atoms with Crippen LogP contribution in [0.1, 0.15) is 11.3 Å². The number of aryl methyl sites for hydroxylation is 2. The van der Waals surface area contributed by atoms with Crippen molar-refractivity contribution in [1.82, 2.24) is 15.4 Å². The maximum atomic E-state index is 5.16. The zero-order chi connectivity index (χ0) is 10.5. The molecule has 0 saturated carbocycles. The van der Waals surface area contributed by atoms with Crippen LogP contribution in [-0.4, -0.2) is 22.5 Å². The molecule has 0 fully saturated rings. The molecular weight excluding hydrogens is 190 g/mol. The van der Waals surface area contributed by atoms with Crippen LogP contribution in [0, 0.1) is 0 Å². The lowest BCUT2D eigenvalue weighted by Crippen LogP contribution is -1.92. The van der Waals surface area contributed by atoms with E-state index in [-0.39, 0.29) is 0 Å². The molecule has 1 N–H and O–H groups in total. The molecule has 2 rings (SSSR count). The first-order chi connectivity index (χ1) is 7.38. The van der Waals surface area contributed by atoms with Gasteiger partial charge in [-0.05, 0) is 30.5 Å². The van der Waals surface area contributed by atoms with E-state index in [0.717, 1.165) is 24.3 Å². The monoisotopic (exact) mass is 203 g/mol. The summed E-state index contributed by atoms with van der Waals surface area (Å²) in [5.41, 5.74) is 2.23. The highest BCUT2D eigenvalue weighted by molar-refractivity contribution is 5.28. The third-order valence-electron chi connectivity index (χ3n) is 2.27. The molecule has 0 amide bonds. The van der Waals surface area contributed by atoms with E-state index in [4.69, 9.17) is 4.74 Å². The minimum Gasteiger partial charge on any atom is -0.497 e. The fourth-order valence-electron chi connectivity index (χ4n) is 1.45. The second kappa shape index (κ2) is 4.59. The van der Waals surface area contributed by atoms with E-state index >= 15 is 0 Å².